The summed E-state index contributed by atoms with van der Waals surface area (Å²) >= 11 is 0. The van der Waals surface area contributed by atoms with E-state index in [4.69, 9.17) is 5.11 Å². The van der Waals surface area contributed by atoms with Crippen LogP contribution in [0.2, 0.25) is 0 Å². The zero-order chi connectivity index (χ0) is 11.6. The van der Waals surface area contributed by atoms with Crippen LogP contribution in [0.3, 0.4) is 0 Å². The van der Waals surface area contributed by atoms with E-state index in [1.54, 1.807) is 0 Å². The molecule has 0 unspecified atom stereocenters. The second kappa shape index (κ2) is 6.06. The maximum Gasteiger partial charge on any atom is 1.00 e. The Kier molecular flexibility index (Phi) is 6.05. The summed E-state index contributed by atoms with van der Waals surface area (Å²) in [5, 5.41) is 9.00. The predicted molar refractivity (Wildman–Crippen MR) is 48.2 cm³/mol. The van der Waals surface area contributed by atoms with Gasteiger partial charge >= 0.3 is 64.3 Å². The molecule has 0 fully saturated rings. The summed E-state index contributed by atoms with van der Waals surface area (Å²) in [7, 11) is 1.05. The Morgan fingerprint density at radius 1 is 1.31 bits per heavy atom. The average molecular weight is 258 g/mol. The Labute approximate surface area is 132 Å². The molecule has 8 heteroatoms. The zero-order valence-electron chi connectivity index (χ0n) is 8.71. The van der Waals surface area contributed by atoms with Crippen molar-refractivity contribution in [2.24, 2.45) is 0 Å². The number of carbonyl (C=O) groups is 1. The van der Waals surface area contributed by atoms with Gasteiger partial charge in [-0.15, -0.1) is 5.46 Å². The summed E-state index contributed by atoms with van der Waals surface area (Å²) in [6, 6.07) is 2.12. The molecule has 0 bridgehead atoms. The number of phenolic OH excluding ortho intramolecular Hbond substituents is 1. The van der Waals surface area contributed by atoms with Crippen LogP contribution in [0.1, 0.15) is 10.4 Å². The van der Waals surface area contributed by atoms with Gasteiger partial charge in [0.1, 0.15) is 5.75 Å². The van der Waals surface area contributed by atoms with Crippen molar-refractivity contribution in [1.82, 2.24) is 0 Å². The Bertz CT molecular complexity index is 395. The molecule has 0 amide bonds. The molecular formula is C8H7BF3KO3. The molecule has 1 aromatic carbocycles. The number of phenols is 1. The van der Waals surface area contributed by atoms with Gasteiger partial charge in [0, 0.05) is 0 Å². The van der Waals surface area contributed by atoms with Crippen molar-refractivity contribution in [1.29, 1.82) is 0 Å². The van der Waals surface area contributed by atoms with Gasteiger partial charge in [0.15, 0.2) is 0 Å². The van der Waals surface area contributed by atoms with Crippen LogP contribution in [0.5, 0.6) is 5.75 Å². The molecule has 0 aliphatic heterocycles. The number of aromatic hydroxyl groups is 1. The number of benzene rings is 1. The van der Waals surface area contributed by atoms with Gasteiger partial charge in [-0.25, -0.2) is 4.79 Å². The van der Waals surface area contributed by atoms with Gasteiger partial charge in [-0.2, -0.15) is 0 Å². The molecule has 0 aromatic heterocycles. The van der Waals surface area contributed by atoms with Crippen LogP contribution in [-0.4, -0.2) is 25.2 Å². The standard InChI is InChI=1S/C8H7BF3O3.K/c1-15-8(14)5-2-6(9(10,11)12)4-7(13)3-5;/h2-4,13H,1H3;/q-1;+1. The van der Waals surface area contributed by atoms with Gasteiger partial charge in [-0.3, -0.25) is 0 Å². The summed E-state index contributed by atoms with van der Waals surface area (Å²) in [4.78, 5) is 11.0. The molecule has 0 spiro atoms. The van der Waals surface area contributed by atoms with Crippen molar-refractivity contribution in [3.63, 3.8) is 0 Å². The van der Waals surface area contributed by atoms with Crippen LogP contribution in [0.15, 0.2) is 18.2 Å². The number of ether oxygens (including phenoxy) is 1. The van der Waals surface area contributed by atoms with Gasteiger partial charge in [0.05, 0.1) is 12.7 Å². The smallest absolute Gasteiger partial charge is 0.508 e. The van der Waals surface area contributed by atoms with Crippen LogP contribution in [0, 0.1) is 0 Å². The third-order valence-electron chi connectivity index (χ3n) is 1.74. The van der Waals surface area contributed by atoms with E-state index in [1.165, 1.54) is 0 Å². The largest absolute Gasteiger partial charge is 1.00 e. The molecule has 0 saturated carbocycles. The van der Waals surface area contributed by atoms with Crippen LogP contribution < -0.4 is 56.8 Å². The maximum absolute atomic E-state index is 12.3. The van der Waals surface area contributed by atoms with Gasteiger partial charge in [0.2, 0.25) is 0 Å². The molecule has 0 radical (unpaired) electrons. The molecule has 0 heterocycles. The summed E-state index contributed by atoms with van der Waals surface area (Å²) in [6.45, 7) is -5.25. The molecule has 1 aromatic rings. The maximum atomic E-state index is 12.3. The minimum absolute atomic E-state index is 0. The summed E-state index contributed by atoms with van der Waals surface area (Å²) in [5.74, 6) is -1.54. The Hall–Kier alpha value is -0.0187. The Morgan fingerprint density at radius 2 is 1.88 bits per heavy atom. The first-order valence-corrected chi connectivity index (χ1v) is 3.97. The van der Waals surface area contributed by atoms with E-state index in [0.29, 0.717) is 12.1 Å². The monoisotopic (exact) mass is 258 g/mol. The number of carbonyl (C=O) groups excluding carboxylic acids is 1. The van der Waals surface area contributed by atoms with Crippen LogP contribution in [-0.2, 0) is 4.74 Å². The van der Waals surface area contributed by atoms with Crippen LogP contribution >= 0.6 is 0 Å². The van der Waals surface area contributed by atoms with E-state index in [1.807, 2.05) is 0 Å². The molecule has 0 saturated heterocycles. The van der Waals surface area contributed by atoms with E-state index in [-0.39, 0.29) is 56.9 Å². The molecule has 0 aliphatic rings. The van der Waals surface area contributed by atoms with Crippen molar-refractivity contribution in [3.05, 3.63) is 23.8 Å². The molecule has 1 rings (SSSR count). The van der Waals surface area contributed by atoms with Gasteiger partial charge in [-0.05, 0) is 12.1 Å². The van der Waals surface area contributed by atoms with E-state index in [2.05, 4.69) is 4.74 Å². The summed E-state index contributed by atoms with van der Waals surface area (Å²) in [6.07, 6.45) is 0. The normalized spacial score (nSPS) is 10.5. The summed E-state index contributed by atoms with van der Waals surface area (Å²) < 4.78 is 41.2. The first kappa shape index (κ1) is 16.0. The number of methoxy groups -OCH3 is 1. The SMILES string of the molecule is COC(=O)c1cc(O)cc([B-](F)(F)F)c1.[K+]. The van der Waals surface area contributed by atoms with Crippen molar-refractivity contribution < 1.29 is 79.0 Å². The van der Waals surface area contributed by atoms with Gasteiger partial charge < -0.3 is 22.8 Å². The average Bonchev–Trinajstić information content (AvgIpc) is 2.14. The summed E-state index contributed by atoms with van der Waals surface area (Å²) in [5.41, 5.74) is -1.36. The number of hydrogen-bond acceptors (Lipinski definition) is 3. The Morgan fingerprint density at radius 3 is 2.31 bits per heavy atom. The molecule has 1 N–H and O–H groups in total. The first-order chi connectivity index (χ1) is 6.84. The molecule has 3 nitrogen and oxygen atoms in total. The quantitative estimate of drug-likeness (QED) is 0.505. The van der Waals surface area contributed by atoms with Crippen molar-refractivity contribution in [2.75, 3.05) is 7.11 Å². The van der Waals surface area contributed by atoms with Gasteiger partial charge in [-0.1, -0.05) is 6.07 Å². The molecule has 82 valence electrons. The van der Waals surface area contributed by atoms with E-state index in [9.17, 15) is 17.7 Å². The van der Waals surface area contributed by atoms with Crippen molar-refractivity contribution in [2.45, 2.75) is 0 Å². The number of hydrogen-bond donors (Lipinski definition) is 1. The molecule has 16 heavy (non-hydrogen) atoms. The fourth-order valence-corrected chi connectivity index (χ4v) is 1.06. The van der Waals surface area contributed by atoms with Crippen molar-refractivity contribution in [3.8, 4) is 5.75 Å². The van der Waals surface area contributed by atoms with Gasteiger partial charge in [0.25, 0.3) is 0 Å². The number of halogens is 3. The second-order valence-electron chi connectivity index (χ2n) is 2.88. The van der Waals surface area contributed by atoms with E-state index in [0.717, 1.165) is 13.2 Å². The minimum atomic E-state index is -5.25. The fraction of sp³-hybridized carbons (Fsp3) is 0.125. The van der Waals surface area contributed by atoms with Crippen LogP contribution in [0.25, 0.3) is 0 Å². The topological polar surface area (TPSA) is 46.5 Å². The second-order valence-corrected chi connectivity index (χ2v) is 2.88. The number of rotatable bonds is 2. The third-order valence-corrected chi connectivity index (χ3v) is 1.74. The zero-order valence-corrected chi connectivity index (χ0v) is 11.8. The predicted octanol–water partition coefficient (Wildman–Crippen LogP) is -1.76. The molecular weight excluding hydrogens is 251 g/mol. The van der Waals surface area contributed by atoms with E-state index < -0.39 is 24.2 Å². The van der Waals surface area contributed by atoms with E-state index >= 15 is 0 Å². The minimum Gasteiger partial charge on any atom is -0.508 e. The number of esters is 1. The van der Waals surface area contributed by atoms with Crippen LogP contribution in [0.4, 0.5) is 12.9 Å². The van der Waals surface area contributed by atoms with Crippen molar-refractivity contribution >= 4 is 18.4 Å². The molecule has 0 atom stereocenters. The molecule has 0 aliphatic carbocycles. The Balaban J connectivity index is 0.00000225. The third kappa shape index (κ3) is 4.10. The fourth-order valence-electron chi connectivity index (χ4n) is 1.06. The first-order valence-electron chi connectivity index (χ1n) is 3.97.